The molecule has 34 heavy (non-hydrogen) atoms. The Morgan fingerprint density at radius 2 is 1.74 bits per heavy atom. The van der Waals surface area contributed by atoms with Crippen molar-refractivity contribution >= 4 is 29.5 Å². The topological polar surface area (TPSA) is 79.3 Å². The Morgan fingerprint density at radius 1 is 1.09 bits per heavy atom. The van der Waals surface area contributed by atoms with Gasteiger partial charge in [-0.15, -0.1) is 0 Å². The van der Waals surface area contributed by atoms with Gasteiger partial charge in [-0.3, -0.25) is 14.7 Å². The second kappa shape index (κ2) is 9.50. The molecule has 4 rings (SSSR count). The lowest BCUT2D eigenvalue weighted by Crippen LogP contribution is -2.51. The maximum atomic E-state index is 13.0. The molecule has 2 aromatic carbocycles. The van der Waals surface area contributed by atoms with E-state index in [1.165, 1.54) is 0 Å². The number of anilines is 1. The molecule has 0 atom stereocenters. The molecule has 1 fully saturated rings. The zero-order valence-electron chi connectivity index (χ0n) is 19.9. The number of nitrogens with zero attached hydrogens (tertiary/aromatic N) is 3. The van der Waals surface area contributed by atoms with Crippen LogP contribution in [-0.4, -0.2) is 44.5 Å². The van der Waals surface area contributed by atoms with Crippen molar-refractivity contribution in [2.24, 2.45) is 0 Å². The number of carbonyl (C=O) groups excluding carboxylic acids is 2. The van der Waals surface area contributed by atoms with Crippen LogP contribution >= 0.6 is 11.6 Å². The molecule has 1 heterocycles. The van der Waals surface area contributed by atoms with Gasteiger partial charge in [-0.05, 0) is 64.8 Å². The van der Waals surface area contributed by atoms with Crippen LogP contribution in [0.25, 0.3) is 16.9 Å². The van der Waals surface area contributed by atoms with Crippen LogP contribution in [0.5, 0.6) is 0 Å². The van der Waals surface area contributed by atoms with E-state index in [0.717, 1.165) is 29.7 Å². The molecule has 0 saturated heterocycles. The first-order valence-corrected chi connectivity index (χ1v) is 11.8. The van der Waals surface area contributed by atoms with Gasteiger partial charge in [-0.25, -0.2) is 9.78 Å². The van der Waals surface area contributed by atoms with Crippen molar-refractivity contribution in [3.8, 4) is 16.9 Å². The van der Waals surface area contributed by atoms with Gasteiger partial charge in [0.2, 0.25) is 11.9 Å². The molecule has 8 heteroatoms. The van der Waals surface area contributed by atoms with Crippen LogP contribution in [0.2, 0.25) is 5.02 Å². The molecule has 1 saturated carbocycles. The van der Waals surface area contributed by atoms with E-state index in [4.69, 9.17) is 11.6 Å². The molecule has 0 spiro atoms. The molecule has 1 aliphatic rings. The first kappa shape index (κ1) is 23.8. The normalized spacial score (nSPS) is 13.4. The maximum absolute atomic E-state index is 13.0. The average Bonchev–Trinajstić information content (AvgIpc) is 3.52. The zero-order valence-corrected chi connectivity index (χ0v) is 20.7. The van der Waals surface area contributed by atoms with E-state index in [0.29, 0.717) is 16.7 Å². The standard InChI is InChI=1S/C26H30ClN5O2/c1-17-5-11-20(12-6-17)31-15-22(18-7-9-19(27)10-8-18)28-24(31)29-23(33)16-32(21-13-14-21)25(34)30-26(2,3)4/h5-12,15,21H,13-14,16H2,1-4H3,(H,30,34)(H,28,29,33). The van der Waals surface area contributed by atoms with Crippen LogP contribution < -0.4 is 10.6 Å². The summed E-state index contributed by atoms with van der Waals surface area (Å²) in [5.74, 6) is 0.100. The van der Waals surface area contributed by atoms with Crippen LogP contribution in [0, 0.1) is 6.92 Å². The van der Waals surface area contributed by atoms with Gasteiger partial charge in [-0.1, -0.05) is 41.4 Å². The summed E-state index contributed by atoms with van der Waals surface area (Å²) >= 11 is 6.04. The van der Waals surface area contributed by atoms with Gasteiger partial charge in [0.1, 0.15) is 6.54 Å². The molecular weight excluding hydrogens is 450 g/mol. The molecule has 0 radical (unpaired) electrons. The molecule has 7 nitrogen and oxygen atoms in total. The summed E-state index contributed by atoms with van der Waals surface area (Å²) in [6.45, 7) is 7.75. The quantitative estimate of drug-likeness (QED) is 0.496. The number of aryl methyl sites for hydroxylation is 1. The zero-order chi connectivity index (χ0) is 24.5. The first-order valence-electron chi connectivity index (χ1n) is 11.4. The van der Waals surface area contributed by atoms with E-state index in [1.807, 2.05) is 74.9 Å². The smallest absolute Gasteiger partial charge is 0.318 e. The number of halogens is 1. The number of carbonyl (C=O) groups is 2. The summed E-state index contributed by atoms with van der Waals surface area (Å²) in [4.78, 5) is 32.1. The summed E-state index contributed by atoms with van der Waals surface area (Å²) in [5, 5.41) is 6.52. The van der Waals surface area contributed by atoms with E-state index in [1.54, 1.807) is 17.0 Å². The second-order valence-electron chi connectivity index (χ2n) is 9.75. The Kier molecular flexibility index (Phi) is 6.66. The summed E-state index contributed by atoms with van der Waals surface area (Å²) < 4.78 is 1.85. The van der Waals surface area contributed by atoms with Gasteiger partial charge >= 0.3 is 6.03 Å². The van der Waals surface area contributed by atoms with Crippen molar-refractivity contribution in [3.05, 3.63) is 65.3 Å². The fraction of sp³-hybridized carbons (Fsp3) is 0.346. The predicted octanol–water partition coefficient (Wildman–Crippen LogP) is 5.41. The molecular formula is C26H30ClN5O2. The highest BCUT2D eigenvalue weighted by Gasteiger charge is 2.35. The van der Waals surface area contributed by atoms with E-state index >= 15 is 0 Å². The molecule has 178 valence electrons. The van der Waals surface area contributed by atoms with Crippen LogP contribution in [0.3, 0.4) is 0 Å². The third kappa shape index (κ3) is 5.97. The monoisotopic (exact) mass is 479 g/mol. The largest absolute Gasteiger partial charge is 0.333 e. The molecule has 1 aliphatic carbocycles. The Balaban J connectivity index is 1.59. The lowest BCUT2D eigenvalue weighted by Gasteiger charge is -2.28. The van der Waals surface area contributed by atoms with Crippen LogP contribution in [0.1, 0.15) is 39.2 Å². The third-order valence-corrected chi connectivity index (χ3v) is 5.71. The van der Waals surface area contributed by atoms with Crippen molar-refractivity contribution < 1.29 is 9.59 Å². The number of hydrogen-bond donors (Lipinski definition) is 2. The summed E-state index contributed by atoms with van der Waals surface area (Å²) in [6.07, 6.45) is 3.70. The van der Waals surface area contributed by atoms with Gasteiger partial charge in [0.25, 0.3) is 0 Å². The lowest BCUT2D eigenvalue weighted by atomic mass is 10.1. The minimum absolute atomic E-state index is 0.0381. The van der Waals surface area contributed by atoms with Crippen molar-refractivity contribution in [2.75, 3.05) is 11.9 Å². The number of amides is 3. The fourth-order valence-corrected chi connectivity index (χ4v) is 3.72. The fourth-order valence-electron chi connectivity index (χ4n) is 3.59. The van der Waals surface area contributed by atoms with E-state index in [2.05, 4.69) is 15.6 Å². The number of aromatic nitrogens is 2. The van der Waals surface area contributed by atoms with Gasteiger partial charge in [0.15, 0.2) is 0 Å². The Hall–Kier alpha value is -3.32. The third-order valence-electron chi connectivity index (χ3n) is 5.45. The lowest BCUT2D eigenvalue weighted by molar-refractivity contribution is -0.117. The molecule has 2 N–H and O–H groups in total. The van der Waals surface area contributed by atoms with Crippen molar-refractivity contribution in [1.29, 1.82) is 0 Å². The molecule has 0 bridgehead atoms. The maximum Gasteiger partial charge on any atom is 0.318 e. The SMILES string of the molecule is Cc1ccc(-n2cc(-c3ccc(Cl)cc3)nc2NC(=O)CN(C(=O)NC(C)(C)C)C2CC2)cc1. The molecule has 3 amide bonds. The minimum Gasteiger partial charge on any atom is -0.333 e. The summed E-state index contributed by atoms with van der Waals surface area (Å²) in [6, 6.07) is 15.2. The predicted molar refractivity (Wildman–Crippen MR) is 135 cm³/mol. The van der Waals surface area contributed by atoms with Gasteiger partial charge < -0.3 is 10.2 Å². The average molecular weight is 480 g/mol. The van der Waals surface area contributed by atoms with E-state index in [9.17, 15) is 9.59 Å². The Morgan fingerprint density at radius 3 is 2.32 bits per heavy atom. The molecule has 1 aromatic heterocycles. The highest BCUT2D eigenvalue weighted by atomic mass is 35.5. The van der Waals surface area contributed by atoms with E-state index in [-0.39, 0.29) is 30.1 Å². The van der Waals surface area contributed by atoms with Crippen LogP contribution in [-0.2, 0) is 4.79 Å². The van der Waals surface area contributed by atoms with Crippen LogP contribution in [0.15, 0.2) is 54.7 Å². The number of urea groups is 1. The summed E-state index contributed by atoms with van der Waals surface area (Å²) in [5.41, 5.74) is 3.22. The van der Waals surface area contributed by atoms with Crippen molar-refractivity contribution in [3.63, 3.8) is 0 Å². The molecule has 0 aliphatic heterocycles. The number of nitrogens with one attached hydrogen (secondary N) is 2. The highest BCUT2D eigenvalue weighted by Crippen LogP contribution is 2.28. The van der Waals surface area contributed by atoms with Gasteiger partial charge in [0, 0.05) is 34.1 Å². The number of hydrogen-bond acceptors (Lipinski definition) is 3. The van der Waals surface area contributed by atoms with Gasteiger partial charge in [-0.2, -0.15) is 0 Å². The van der Waals surface area contributed by atoms with Crippen molar-refractivity contribution in [1.82, 2.24) is 19.8 Å². The van der Waals surface area contributed by atoms with Gasteiger partial charge in [0.05, 0.1) is 5.69 Å². The molecule has 3 aromatic rings. The number of imidazole rings is 1. The van der Waals surface area contributed by atoms with E-state index < -0.39 is 0 Å². The first-order chi connectivity index (χ1) is 16.1. The number of benzene rings is 2. The minimum atomic E-state index is -0.379. The van der Waals surface area contributed by atoms with Crippen molar-refractivity contribution in [2.45, 2.75) is 52.1 Å². The Bertz CT molecular complexity index is 1180. The second-order valence-corrected chi connectivity index (χ2v) is 10.2. The van der Waals surface area contributed by atoms with Crippen LogP contribution in [0.4, 0.5) is 10.7 Å². The molecule has 0 unspecified atom stereocenters. The number of rotatable bonds is 6. The highest BCUT2D eigenvalue weighted by molar-refractivity contribution is 6.30. The summed E-state index contributed by atoms with van der Waals surface area (Å²) in [7, 11) is 0. The Labute approximate surface area is 205 Å².